The molecular weight excluding hydrogens is 398 g/mol. The molecule has 0 spiro atoms. The predicted octanol–water partition coefficient (Wildman–Crippen LogP) is 3.35. The van der Waals surface area contributed by atoms with Crippen molar-refractivity contribution in [3.63, 3.8) is 0 Å². The highest BCUT2D eigenvalue weighted by Crippen LogP contribution is 2.17. The first-order valence-corrected chi connectivity index (χ1v) is 10.7. The van der Waals surface area contributed by atoms with Crippen LogP contribution < -0.4 is 10.6 Å². The topological polar surface area (TPSA) is 88.9 Å². The molecule has 2 N–H and O–H groups in total. The molecule has 0 saturated heterocycles. The average Bonchev–Trinajstić information content (AvgIpc) is 3.10. The quantitative estimate of drug-likeness (QED) is 0.543. The summed E-state index contributed by atoms with van der Waals surface area (Å²) < 4.78 is 1.78. The third kappa shape index (κ3) is 5.70. The second kappa shape index (κ2) is 10.1. The van der Waals surface area contributed by atoms with Crippen LogP contribution >= 0.6 is 11.8 Å². The van der Waals surface area contributed by atoms with E-state index in [1.165, 1.54) is 17.3 Å². The SMILES string of the molecule is CCc1ccc(NC(=O)CSc2nnc(CNC(=O)c3cccc(C)c3)n2C)cc1. The van der Waals surface area contributed by atoms with E-state index in [0.717, 1.165) is 17.7 Å². The molecule has 0 aliphatic carbocycles. The number of carbonyl (C=O) groups excluding carboxylic acids is 2. The van der Waals surface area contributed by atoms with Gasteiger partial charge in [0.1, 0.15) is 0 Å². The smallest absolute Gasteiger partial charge is 0.251 e. The van der Waals surface area contributed by atoms with Crippen LogP contribution in [-0.2, 0) is 24.8 Å². The third-order valence-electron chi connectivity index (χ3n) is 4.59. The van der Waals surface area contributed by atoms with Gasteiger partial charge in [-0.3, -0.25) is 9.59 Å². The van der Waals surface area contributed by atoms with E-state index in [2.05, 4.69) is 27.8 Å². The van der Waals surface area contributed by atoms with Crippen LogP contribution in [0.25, 0.3) is 0 Å². The molecule has 1 aromatic heterocycles. The molecule has 3 rings (SSSR count). The van der Waals surface area contributed by atoms with Gasteiger partial charge in [-0.05, 0) is 43.2 Å². The van der Waals surface area contributed by atoms with Crippen molar-refractivity contribution in [2.75, 3.05) is 11.1 Å². The maximum atomic E-state index is 12.3. The first kappa shape index (κ1) is 21.6. The molecular formula is C22H25N5O2S. The van der Waals surface area contributed by atoms with Crippen molar-refractivity contribution < 1.29 is 9.59 Å². The van der Waals surface area contributed by atoms with Crippen LogP contribution in [-0.4, -0.2) is 32.3 Å². The van der Waals surface area contributed by atoms with Gasteiger partial charge in [-0.25, -0.2) is 0 Å². The number of aromatic nitrogens is 3. The minimum Gasteiger partial charge on any atom is -0.345 e. The molecule has 0 aliphatic heterocycles. The Balaban J connectivity index is 1.50. The van der Waals surface area contributed by atoms with E-state index >= 15 is 0 Å². The Morgan fingerprint density at radius 1 is 1.10 bits per heavy atom. The number of aryl methyl sites for hydroxylation is 2. The lowest BCUT2D eigenvalue weighted by atomic mass is 10.1. The number of amides is 2. The zero-order valence-corrected chi connectivity index (χ0v) is 18.1. The number of thioether (sulfide) groups is 1. The first-order chi connectivity index (χ1) is 14.5. The Bertz CT molecular complexity index is 1030. The minimum absolute atomic E-state index is 0.110. The third-order valence-corrected chi connectivity index (χ3v) is 5.61. The second-order valence-electron chi connectivity index (χ2n) is 6.90. The van der Waals surface area contributed by atoms with E-state index in [4.69, 9.17) is 0 Å². The Labute approximate surface area is 180 Å². The van der Waals surface area contributed by atoms with Gasteiger partial charge >= 0.3 is 0 Å². The lowest BCUT2D eigenvalue weighted by Gasteiger charge is -2.07. The van der Waals surface area contributed by atoms with Crippen LogP contribution in [0.1, 0.15) is 34.2 Å². The molecule has 0 radical (unpaired) electrons. The van der Waals surface area contributed by atoms with E-state index in [1.807, 2.05) is 56.4 Å². The van der Waals surface area contributed by atoms with E-state index in [-0.39, 0.29) is 24.1 Å². The number of nitrogens with one attached hydrogen (secondary N) is 2. The molecule has 0 unspecified atom stereocenters. The molecule has 156 valence electrons. The molecule has 3 aromatic rings. The van der Waals surface area contributed by atoms with Crippen LogP contribution in [0.15, 0.2) is 53.7 Å². The molecule has 30 heavy (non-hydrogen) atoms. The van der Waals surface area contributed by atoms with Crippen molar-refractivity contribution in [3.8, 4) is 0 Å². The van der Waals surface area contributed by atoms with Gasteiger partial charge in [0.2, 0.25) is 5.91 Å². The van der Waals surface area contributed by atoms with Crippen molar-refractivity contribution in [2.24, 2.45) is 7.05 Å². The van der Waals surface area contributed by atoms with Crippen molar-refractivity contribution in [1.29, 1.82) is 0 Å². The Morgan fingerprint density at radius 3 is 2.57 bits per heavy atom. The molecule has 0 aliphatic rings. The minimum atomic E-state index is -0.163. The maximum Gasteiger partial charge on any atom is 0.251 e. The summed E-state index contributed by atoms with van der Waals surface area (Å²) in [6.45, 7) is 4.29. The lowest BCUT2D eigenvalue weighted by molar-refractivity contribution is -0.113. The number of hydrogen-bond donors (Lipinski definition) is 2. The highest BCUT2D eigenvalue weighted by atomic mass is 32.2. The van der Waals surface area contributed by atoms with Gasteiger partial charge in [0.05, 0.1) is 12.3 Å². The number of carbonyl (C=O) groups is 2. The fourth-order valence-corrected chi connectivity index (χ4v) is 3.55. The second-order valence-corrected chi connectivity index (χ2v) is 7.84. The van der Waals surface area contributed by atoms with Gasteiger partial charge in [-0.15, -0.1) is 10.2 Å². The van der Waals surface area contributed by atoms with Crippen molar-refractivity contribution in [3.05, 3.63) is 71.0 Å². The van der Waals surface area contributed by atoms with Crippen LogP contribution in [0.3, 0.4) is 0 Å². The summed E-state index contributed by atoms with van der Waals surface area (Å²) in [6.07, 6.45) is 0.962. The normalized spacial score (nSPS) is 10.6. The summed E-state index contributed by atoms with van der Waals surface area (Å²) in [7, 11) is 1.82. The average molecular weight is 424 g/mol. The highest BCUT2D eigenvalue weighted by molar-refractivity contribution is 7.99. The van der Waals surface area contributed by atoms with E-state index in [1.54, 1.807) is 10.6 Å². The summed E-state index contributed by atoms with van der Waals surface area (Å²) in [6, 6.07) is 15.2. The van der Waals surface area contributed by atoms with Crippen LogP contribution in [0.5, 0.6) is 0 Å². The summed E-state index contributed by atoms with van der Waals surface area (Å²) in [5.41, 5.74) is 3.63. The number of rotatable bonds is 8. The molecule has 8 heteroatoms. The number of nitrogens with zero attached hydrogens (tertiary/aromatic N) is 3. The lowest BCUT2D eigenvalue weighted by Crippen LogP contribution is -2.24. The van der Waals surface area contributed by atoms with E-state index in [0.29, 0.717) is 16.5 Å². The summed E-state index contributed by atoms with van der Waals surface area (Å²) in [4.78, 5) is 24.5. The summed E-state index contributed by atoms with van der Waals surface area (Å²) in [5.74, 6) is 0.567. The fraction of sp³-hybridized carbons (Fsp3) is 0.273. The fourth-order valence-electron chi connectivity index (χ4n) is 2.82. The van der Waals surface area contributed by atoms with Gasteiger partial charge in [0.15, 0.2) is 11.0 Å². The predicted molar refractivity (Wildman–Crippen MR) is 119 cm³/mol. The molecule has 0 fully saturated rings. The maximum absolute atomic E-state index is 12.3. The molecule has 0 atom stereocenters. The summed E-state index contributed by atoms with van der Waals surface area (Å²) >= 11 is 1.30. The summed E-state index contributed by atoms with van der Waals surface area (Å²) in [5, 5.41) is 14.6. The Morgan fingerprint density at radius 2 is 1.87 bits per heavy atom. The van der Waals surface area contributed by atoms with Gasteiger partial charge in [-0.1, -0.05) is 48.5 Å². The van der Waals surface area contributed by atoms with E-state index < -0.39 is 0 Å². The molecule has 0 bridgehead atoms. The zero-order chi connectivity index (χ0) is 21.5. The first-order valence-electron chi connectivity index (χ1n) is 9.71. The van der Waals surface area contributed by atoms with Crippen LogP contribution in [0, 0.1) is 6.92 Å². The number of anilines is 1. The van der Waals surface area contributed by atoms with Crippen molar-refractivity contribution in [1.82, 2.24) is 20.1 Å². The largest absolute Gasteiger partial charge is 0.345 e. The Hall–Kier alpha value is -3.13. The van der Waals surface area contributed by atoms with Gasteiger partial charge in [0.25, 0.3) is 5.91 Å². The zero-order valence-electron chi connectivity index (χ0n) is 17.3. The molecule has 7 nitrogen and oxygen atoms in total. The van der Waals surface area contributed by atoms with Crippen molar-refractivity contribution in [2.45, 2.75) is 32.0 Å². The molecule has 1 heterocycles. The highest BCUT2D eigenvalue weighted by Gasteiger charge is 2.13. The monoisotopic (exact) mass is 423 g/mol. The number of benzene rings is 2. The van der Waals surface area contributed by atoms with Gasteiger partial charge in [0, 0.05) is 18.3 Å². The Kier molecular flexibility index (Phi) is 7.24. The molecule has 2 amide bonds. The van der Waals surface area contributed by atoms with Gasteiger partial charge in [-0.2, -0.15) is 0 Å². The molecule has 0 saturated carbocycles. The van der Waals surface area contributed by atoms with Crippen LogP contribution in [0.4, 0.5) is 5.69 Å². The standard InChI is InChI=1S/C22H25N5O2S/c1-4-16-8-10-18(11-9-16)24-20(28)14-30-22-26-25-19(27(22)3)13-23-21(29)17-7-5-6-15(2)12-17/h5-12H,4,13-14H2,1-3H3,(H,23,29)(H,24,28). The number of hydrogen-bond acceptors (Lipinski definition) is 5. The molecule has 2 aromatic carbocycles. The van der Waals surface area contributed by atoms with E-state index in [9.17, 15) is 9.59 Å². The van der Waals surface area contributed by atoms with Crippen molar-refractivity contribution >= 4 is 29.3 Å². The van der Waals surface area contributed by atoms with Crippen LogP contribution in [0.2, 0.25) is 0 Å². The van der Waals surface area contributed by atoms with Gasteiger partial charge < -0.3 is 15.2 Å².